The summed E-state index contributed by atoms with van der Waals surface area (Å²) in [5.41, 5.74) is 7.95. The van der Waals surface area contributed by atoms with Gasteiger partial charge in [-0.2, -0.15) is 0 Å². The van der Waals surface area contributed by atoms with Crippen LogP contribution in [0.1, 0.15) is 25.1 Å². The van der Waals surface area contributed by atoms with Crippen molar-refractivity contribution in [1.82, 2.24) is 0 Å². The third kappa shape index (κ3) is 3.87. The summed E-state index contributed by atoms with van der Waals surface area (Å²) in [6.07, 6.45) is 2.26. The van der Waals surface area contributed by atoms with E-state index in [1.54, 1.807) is 13.3 Å². The van der Waals surface area contributed by atoms with E-state index in [1.165, 1.54) is 0 Å². The number of allylic oxidation sites excluding steroid dienone is 1. The Kier molecular flexibility index (Phi) is 4.73. The zero-order valence-corrected chi connectivity index (χ0v) is 9.81. The zero-order valence-electron chi connectivity index (χ0n) is 9.81. The quantitative estimate of drug-likeness (QED) is 0.610. The van der Waals surface area contributed by atoms with Gasteiger partial charge < -0.3 is 10.5 Å². The molecule has 0 radical (unpaired) electrons. The van der Waals surface area contributed by atoms with Gasteiger partial charge in [0.2, 0.25) is 0 Å². The molecule has 1 aromatic carbocycles. The molecule has 16 heavy (non-hydrogen) atoms. The van der Waals surface area contributed by atoms with Gasteiger partial charge in [0.25, 0.3) is 0 Å². The Morgan fingerprint density at radius 1 is 1.50 bits per heavy atom. The smallest absolute Gasteiger partial charge is 0.122 e. The van der Waals surface area contributed by atoms with Crippen LogP contribution in [-0.4, -0.2) is 13.3 Å². The van der Waals surface area contributed by atoms with Crippen LogP contribution in [0.5, 0.6) is 5.75 Å². The maximum Gasteiger partial charge on any atom is 0.122 e. The highest BCUT2D eigenvalue weighted by Gasteiger charge is 2.02. The van der Waals surface area contributed by atoms with Crippen LogP contribution in [-0.2, 0) is 0 Å². The molecule has 86 valence electrons. The minimum atomic E-state index is -0.315. The van der Waals surface area contributed by atoms with Crippen molar-refractivity contribution in [3.8, 4) is 5.75 Å². The molecular formula is C13H18N2O. The average molecular weight is 218 g/mol. The van der Waals surface area contributed by atoms with E-state index in [4.69, 9.17) is 10.5 Å². The van der Waals surface area contributed by atoms with Crippen molar-refractivity contribution in [2.45, 2.75) is 19.5 Å². The van der Waals surface area contributed by atoms with Gasteiger partial charge in [0.15, 0.2) is 0 Å². The topological polar surface area (TPSA) is 47.6 Å². The lowest BCUT2D eigenvalue weighted by Crippen LogP contribution is -2.07. The average Bonchev–Trinajstić information content (AvgIpc) is 2.28. The molecule has 1 rings (SSSR count). The monoisotopic (exact) mass is 218 g/mol. The number of methoxy groups -OCH3 is 1. The Morgan fingerprint density at radius 2 is 2.12 bits per heavy atom. The van der Waals surface area contributed by atoms with E-state index in [0.717, 1.165) is 23.3 Å². The molecule has 0 bridgehead atoms. The van der Waals surface area contributed by atoms with Crippen molar-refractivity contribution >= 4 is 6.21 Å². The van der Waals surface area contributed by atoms with E-state index in [2.05, 4.69) is 11.6 Å². The van der Waals surface area contributed by atoms with Gasteiger partial charge in [0, 0.05) is 12.6 Å². The summed E-state index contributed by atoms with van der Waals surface area (Å²) in [4.78, 5) is 4.24. The summed E-state index contributed by atoms with van der Waals surface area (Å²) in [6, 6.07) is 7.59. The first-order chi connectivity index (χ1) is 7.63. The van der Waals surface area contributed by atoms with Crippen molar-refractivity contribution < 1.29 is 4.74 Å². The fourth-order valence-electron chi connectivity index (χ4n) is 1.21. The molecule has 0 spiro atoms. The highest BCUT2D eigenvalue weighted by Crippen LogP contribution is 2.16. The molecule has 0 heterocycles. The van der Waals surface area contributed by atoms with E-state index >= 15 is 0 Å². The number of aliphatic imine (C=N–C) groups is 1. The van der Waals surface area contributed by atoms with Crippen molar-refractivity contribution in [2.75, 3.05) is 7.11 Å². The van der Waals surface area contributed by atoms with Crippen LogP contribution in [0.4, 0.5) is 0 Å². The molecule has 1 atom stereocenters. The molecule has 0 aliphatic rings. The summed E-state index contributed by atoms with van der Waals surface area (Å²) in [5, 5.41) is 0. The van der Waals surface area contributed by atoms with Crippen molar-refractivity contribution in [3.63, 3.8) is 0 Å². The molecule has 0 fully saturated rings. The molecule has 1 unspecified atom stereocenters. The Bertz CT molecular complexity index is 368. The van der Waals surface area contributed by atoms with Gasteiger partial charge >= 0.3 is 0 Å². The molecule has 0 aromatic heterocycles. The number of hydrogen-bond acceptors (Lipinski definition) is 3. The first-order valence-corrected chi connectivity index (χ1v) is 5.19. The standard InChI is InChI=1S/C13H18N2O/c1-10(2)8-9-15-13(14)11-4-6-12(16-3)7-5-11/h4-7,9,13H,1,8,14H2,2-3H3/b15-9-. The number of nitrogens with two attached hydrogens (primary N) is 1. The normalized spacial score (nSPS) is 12.7. The molecule has 3 heteroatoms. The zero-order chi connectivity index (χ0) is 12.0. The van der Waals surface area contributed by atoms with E-state index < -0.39 is 0 Å². The molecule has 0 aliphatic carbocycles. The van der Waals surface area contributed by atoms with Crippen LogP contribution in [0, 0.1) is 0 Å². The van der Waals surface area contributed by atoms with Crippen LogP contribution >= 0.6 is 0 Å². The lowest BCUT2D eigenvalue weighted by atomic mass is 10.2. The van der Waals surface area contributed by atoms with Gasteiger partial charge in [-0.25, -0.2) is 0 Å². The summed E-state index contributed by atoms with van der Waals surface area (Å²) < 4.78 is 5.07. The highest BCUT2D eigenvalue weighted by atomic mass is 16.5. The molecule has 3 nitrogen and oxygen atoms in total. The maximum absolute atomic E-state index is 5.90. The van der Waals surface area contributed by atoms with Crippen LogP contribution in [0.25, 0.3) is 0 Å². The third-order valence-electron chi connectivity index (χ3n) is 2.16. The van der Waals surface area contributed by atoms with Crippen LogP contribution in [0.15, 0.2) is 41.4 Å². The van der Waals surface area contributed by atoms with Crippen molar-refractivity contribution in [1.29, 1.82) is 0 Å². The fraction of sp³-hybridized carbons (Fsp3) is 0.308. The highest BCUT2D eigenvalue weighted by molar-refractivity contribution is 5.61. The van der Waals surface area contributed by atoms with E-state index in [-0.39, 0.29) is 6.17 Å². The second-order valence-electron chi connectivity index (χ2n) is 3.71. The van der Waals surface area contributed by atoms with Gasteiger partial charge in [-0.1, -0.05) is 24.3 Å². The number of benzene rings is 1. The summed E-state index contributed by atoms with van der Waals surface area (Å²) in [5.74, 6) is 0.821. The molecular weight excluding hydrogens is 200 g/mol. The van der Waals surface area contributed by atoms with Crippen LogP contribution in [0.3, 0.4) is 0 Å². The first-order valence-electron chi connectivity index (χ1n) is 5.19. The minimum absolute atomic E-state index is 0.315. The second-order valence-corrected chi connectivity index (χ2v) is 3.71. The summed E-state index contributed by atoms with van der Waals surface area (Å²) in [6.45, 7) is 5.76. The molecule has 0 amide bonds. The Morgan fingerprint density at radius 3 is 2.62 bits per heavy atom. The summed E-state index contributed by atoms with van der Waals surface area (Å²) in [7, 11) is 1.64. The lowest BCUT2D eigenvalue weighted by molar-refractivity contribution is 0.414. The molecule has 2 N–H and O–H groups in total. The van der Waals surface area contributed by atoms with E-state index in [0.29, 0.717) is 0 Å². The Hall–Kier alpha value is -1.61. The van der Waals surface area contributed by atoms with Crippen molar-refractivity contribution in [2.24, 2.45) is 10.7 Å². The minimum Gasteiger partial charge on any atom is -0.497 e. The van der Waals surface area contributed by atoms with E-state index in [1.807, 2.05) is 31.2 Å². The Labute approximate surface area is 96.6 Å². The van der Waals surface area contributed by atoms with Gasteiger partial charge in [0.05, 0.1) is 7.11 Å². The predicted molar refractivity (Wildman–Crippen MR) is 67.8 cm³/mol. The predicted octanol–water partition coefficient (Wildman–Crippen LogP) is 2.69. The Balaban J connectivity index is 2.61. The van der Waals surface area contributed by atoms with Gasteiger partial charge in [-0.3, -0.25) is 4.99 Å². The molecule has 1 aromatic rings. The second kappa shape index (κ2) is 6.08. The number of rotatable bonds is 5. The number of nitrogens with zero attached hydrogens (tertiary/aromatic N) is 1. The molecule has 0 saturated heterocycles. The van der Waals surface area contributed by atoms with Crippen LogP contribution in [0.2, 0.25) is 0 Å². The van der Waals surface area contributed by atoms with Gasteiger partial charge in [0.1, 0.15) is 11.9 Å². The largest absolute Gasteiger partial charge is 0.497 e. The first kappa shape index (κ1) is 12.5. The van der Waals surface area contributed by atoms with Crippen molar-refractivity contribution in [3.05, 3.63) is 42.0 Å². The number of hydrogen-bond donors (Lipinski definition) is 1. The van der Waals surface area contributed by atoms with Gasteiger partial charge in [-0.05, 0) is 24.6 Å². The number of ether oxygens (including phenoxy) is 1. The maximum atomic E-state index is 5.90. The van der Waals surface area contributed by atoms with E-state index in [9.17, 15) is 0 Å². The molecule has 0 saturated carbocycles. The van der Waals surface area contributed by atoms with Gasteiger partial charge in [-0.15, -0.1) is 0 Å². The molecule has 0 aliphatic heterocycles. The van der Waals surface area contributed by atoms with Crippen LogP contribution < -0.4 is 10.5 Å². The SMILES string of the molecule is C=C(C)C/C=N\C(N)c1ccc(OC)cc1. The lowest BCUT2D eigenvalue weighted by Gasteiger charge is -2.07. The third-order valence-corrected chi connectivity index (χ3v) is 2.16. The fourth-order valence-corrected chi connectivity index (χ4v) is 1.21. The summed E-state index contributed by atoms with van der Waals surface area (Å²) >= 11 is 0.